The lowest BCUT2D eigenvalue weighted by Crippen LogP contribution is -2.38. The highest BCUT2D eigenvalue weighted by atomic mass is 16.5. The number of ether oxygens (including phenoxy) is 1. The van der Waals surface area contributed by atoms with E-state index in [0.29, 0.717) is 6.10 Å². The Bertz CT molecular complexity index is 520. The molecule has 1 fully saturated rings. The average molecular weight is 350 g/mol. The Balaban J connectivity index is 1.51. The van der Waals surface area contributed by atoms with Gasteiger partial charge in [-0.1, -0.05) is 19.3 Å². The second-order valence-corrected chi connectivity index (χ2v) is 6.91. The van der Waals surface area contributed by atoms with Crippen molar-refractivity contribution < 1.29 is 4.74 Å². The van der Waals surface area contributed by atoms with Crippen LogP contribution in [0.5, 0.6) is 0 Å². The van der Waals surface area contributed by atoms with Gasteiger partial charge in [-0.25, -0.2) is 0 Å². The van der Waals surface area contributed by atoms with Crippen LogP contribution in [-0.2, 0) is 11.3 Å². The third-order valence-electron chi connectivity index (χ3n) is 4.69. The SMILES string of the molecule is CN=C(NCCCOC1CCCCC1)NCCCn1nc(C)cc1C. The topological polar surface area (TPSA) is 63.5 Å². The zero-order chi connectivity index (χ0) is 17.9. The lowest BCUT2D eigenvalue weighted by Gasteiger charge is -2.22. The lowest BCUT2D eigenvalue weighted by atomic mass is 9.98. The number of nitrogens with one attached hydrogen (secondary N) is 2. The Labute approximate surface area is 152 Å². The van der Waals surface area contributed by atoms with E-state index >= 15 is 0 Å². The van der Waals surface area contributed by atoms with Crippen molar-refractivity contribution >= 4 is 5.96 Å². The van der Waals surface area contributed by atoms with E-state index in [1.54, 1.807) is 0 Å². The van der Waals surface area contributed by atoms with E-state index in [1.807, 2.05) is 14.0 Å². The van der Waals surface area contributed by atoms with E-state index in [-0.39, 0.29) is 0 Å². The van der Waals surface area contributed by atoms with Crippen molar-refractivity contribution in [3.63, 3.8) is 0 Å². The third-order valence-corrected chi connectivity index (χ3v) is 4.69. The van der Waals surface area contributed by atoms with Crippen LogP contribution in [0.1, 0.15) is 56.3 Å². The molecule has 6 nitrogen and oxygen atoms in total. The molecule has 6 heteroatoms. The predicted molar refractivity (Wildman–Crippen MR) is 103 cm³/mol. The fraction of sp³-hybridized carbons (Fsp3) is 0.789. The van der Waals surface area contributed by atoms with Gasteiger partial charge in [0.25, 0.3) is 0 Å². The zero-order valence-corrected chi connectivity index (χ0v) is 16.2. The predicted octanol–water partition coefficient (Wildman–Crippen LogP) is 2.79. The Morgan fingerprint density at radius 3 is 2.56 bits per heavy atom. The van der Waals surface area contributed by atoms with Gasteiger partial charge in [-0.05, 0) is 45.6 Å². The molecule has 0 atom stereocenters. The van der Waals surface area contributed by atoms with E-state index in [9.17, 15) is 0 Å². The van der Waals surface area contributed by atoms with Crippen molar-refractivity contribution in [1.29, 1.82) is 0 Å². The number of aromatic nitrogens is 2. The quantitative estimate of drug-likeness (QED) is 0.409. The molecule has 0 unspecified atom stereocenters. The Morgan fingerprint density at radius 2 is 1.92 bits per heavy atom. The molecule has 1 heterocycles. The summed E-state index contributed by atoms with van der Waals surface area (Å²) in [5, 5.41) is 11.2. The highest BCUT2D eigenvalue weighted by Gasteiger charge is 2.12. The monoisotopic (exact) mass is 349 g/mol. The van der Waals surface area contributed by atoms with Crippen molar-refractivity contribution in [3.8, 4) is 0 Å². The molecule has 1 aliphatic carbocycles. The van der Waals surface area contributed by atoms with Crippen LogP contribution in [0, 0.1) is 13.8 Å². The average Bonchev–Trinajstić information content (AvgIpc) is 2.94. The second kappa shape index (κ2) is 11.1. The molecule has 25 heavy (non-hydrogen) atoms. The number of guanidine groups is 1. The van der Waals surface area contributed by atoms with Crippen LogP contribution in [0.2, 0.25) is 0 Å². The smallest absolute Gasteiger partial charge is 0.190 e. The van der Waals surface area contributed by atoms with Crippen molar-refractivity contribution in [2.45, 2.75) is 71.4 Å². The van der Waals surface area contributed by atoms with Gasteiger partial charge >= 0.3 is 0 Å². The maximum absolute atomic E-state index is 5.95. The maximum Gasteiger partial charge on any atom is 0.190 e. The number of hydrogen-bond acceptors (Lipinski definition) is 3. The summed E-state index contributed by atoms with van der Waals surface area (Å²) in [6, 6.07) is 2.11. The molecule has 0 spiro atoms. The maximum atomic E-state index is 5.95. The molecule has 1 saturated carbocycles. The fourth-order valence-corrected chi connectivity index (χ4v) is 3.32. The van der Waals surface area contributed by atoms with Gasteiger partial charge in [-0.3, -0.25) is 9.67 Å². The lowest BCUT2D eigenvalue weighted by molar-refractivity contribution is 0.0277. The van der Waals surface area contributed by atoms with Crippen LogP contribution in [-0.4, -0.2) is 48.6 Å². The largest absolute Gasteiger partial charge is 0.378 e. The van der Waals surface area contributed by atoms with E-state index in [4.69, 9.17) is 4.74 Å². The highest BCUT2D eigenvalue weighted by Crippen LogP contribution is 2.20. The van der Waals surface area contributed by atoms with Gasteiger partial charge in [-0.2, -0.15) is 5.10 Å². The van der Waals surface area contributed by atoms with Crippen LogP contribution in [0.15, 0.2) is 11.1 Å². The molecule has 2 rings (SSSR count). The van der Waals surface area contributed by atoms with Gasteiger partial charge in [0.1, 0.15) is 0 Å². The van der Waals surface area contributed by atoms with E-state index in [1.165, 1.54) is 37.8 Å². The molecule has 0 amide bonds. The van der Waals surface area contributed by atoms with Crippen LogP contribution in [0.4, 0.5) is 0 Å². The van der Waals surface area contributed by atoms with Crippen molar-refractivity contribution in [2.75, 3.05) is 26.7 Å². The number of hydrogen-bond donors (Lipinski definition) is 2. The molecule has 0 radical (unpaired) electrons. The summed E-state index contributed by atoms with van der Waals surface area (Å²) in [6.07, 6.45) is 9.06. The molecule has 2 N–H and O–H groups in total. The molecule has 142 valence electrons. The van der Waals surface area contributed by atoms with Gasteiger partial charge in [0.2, 0.25) is 0 Å². The van der Waals surface area contributed by atoms with Gasteiger partial charge in [0.15, 0.2) is 5.96 Å². The zero-order valence-electron chi connectivity index (χ0n) is 16.2. The molecule has 1 aromatic heterocycles. The van der Waals surface area contributed by atoms with Crippen LogP contribution in [0.25, 0.3) is 0 Å². The van der Waals surface area contributed by atoms with Gasteiger partial charge < -0.3 is 15.4 Å². The normalized spacial score (nSPS) is 16.2. The molecule has 0 aliphatic heterocycles. The minimum atomic E-state index is 0.501. The fourth-order valence-electron chi connectivity index (χ4n) is 3.32. The van der Waals surface area contributed by atoms with Crippen LogP contribution < -0.4 is 10.6 Å². The summed E-state index contributed by atoms with van der Waals surface area (Å²) in [7, 11) is 1.81. The number of rotatable bonds is 9. The van der Waals surface area contributed by atoms with Gasteiger partial charge in [-0.15, -0.1) is 0 Å². The van der Waals surface area contributed by atoms with Crippen LogP contribution in [0.3, 0.4) is 0 Å². The van der Waals surface area contributed by atoms with Crippen molar-refractivity contribution in [1.82, 2.24) is 20.4 Å². The third kappa shape index (κ3) is 7.46. The first-order chi connectivity index (χ1) is 12.2. The van der Waals surface area contributed by atoms with Crippen molar-refractivity contribution in [2.24, 2.45) is 4.99 Å². The summed E-state index contributed by atoms with van der Waals surface area (Å²) in [5.41, 5.74) is 2.30. The van der Waals surface area contributed by atoms with Crippen LogP contribution >= 0.6 is 0 Å². The standard InChI is InChI=1S/C19H35N5O/c1-16-15-17(2)24(23-16)13-7-11-21-19(20-3)22-12-8-14-25-18-9-5-4-6-10-18/h15,18H,4-14H2,1-3H3,(H2,20,21,22). The molecule has 0 bridgehead atoms. The van der Waals surface area contributed by atoms with Gasteiger partial charge in [0, 0.05) is 39.0 Å². The number of aryl methyl sites for hydroxylation is 3. The first kappa shape index (κ1) is 19.8. The minimum absolute atomic E-state index is 0.501. The number of nitrogens with zero attached hydrogens (tertiary/aromatic N) is 3. The Kier molecular flexibility index (Phi) is 8.80. The Hall–Kier alpha value is -1.56. The Morgan fingerprint density at radius 1 is 1.20 bits per heavy atom. The van der Waals surface area contributed by atoms with E-state index in [0.717, 1.165) is 50.7 Å². The second-order valence-electron chi connectivity index (χ2n) is 6.91. The summed E-state index contributed by atoms with van der Waals surface area (Å²) in [6.45, 7) is 7.68. The first-order valence-electron chi connectivity index (χ1n) is 9.76. The minimum Gasteiger partial charge on any atom is -0.378 e. The summed E-state index contributed by atoms with van der Waals surface area (Å²) in [5.74, 6) is 0.867. The molecule has 1 aliphatic rings. The first-order valence-corrected chi connectivity index (χ1v) is 9.76. The van der Waals surface area contributed by atoms with Gasteiger partial charge in [0.05, 0.1) is 11.8 Å². The van der Waals surface area contributed by atoms with Crippen molar-refractivity contribution in [3.05, 3.63) is 17.5 Å². The molecular formula is C19H35N5O. The van der Waals surface area contributed by atoms with E-state index < -0.39 is 0 Å². The van der Waals surface area contributed by atoms with E-state index in [2.05, 4.69) is 38.4 Å². The molecule has 0 aromatic carbocycles. The molecule has 1 aromatic rings. The highest BCUT2D eigenvalue weighted by molar-refractivity contribution is 5.79. The molecular weight excluding hydrogens is 314 g/mol. The summed E-state index contributed by atoms with van der Waals surface area (Å²) >= 11 is 0. The molecule has 0 saturated heterocycles. The summed E-state index contributed by atoms with van der Waals surface area (Å²) < 4.78 is 8.01. The number of aliphatic imine (C=N–C) groups is 1. The summed E-state index contributed by atoms with van der Waals surface area (Å²) in [4.78, 5) is 4.27.